The number of anilines is 1. The van der Waals surface area contributed by atoms with Crippen LogP contribution < -0.4 is 5.73 Å². The van der Waals surface area contributed by atoms with E-state index >= 15 is 0 Å². The van der Waals surface area contributed by atoms with Crippen molar-refractivity contribution in [3.05, 3.63) is 45.5 Å². The van der Waals surface area contributed by atoms with Crippen LogP contribution in [0.3, 0.4) is 0 Å². The van der Waals surface area contributed by atoms with Crippen LogP contribution in [0.5, 0.6) is 0 Å². The van der Waals surface area contributed by atoms with Gasteiger partial charge in [0, 0.05) is 11.3 Å². The summed E-state index contributed by atoms with van der Waals surface area (Å²) in [4.78, 5) is 5.53. The van der Waals surface area contributed by atoms with Gasteiger partial charge in [-0.15, -0.1) is 11.3 Å². The molecule has 0 saturated carbocycles. The maximum atomic E-state index is 5.71. The van der Waals surface area contributed by atoms with Crippen LogP contribution in [0.15, 0.2) is 18.2 Å². The average Bonchev–Trinajstić information content (AvgIpc) is 2.53. The summed E-state index contributed by atoms with van der Waals surface area (Å²) in [5.41, 5.74) is 10.8. The Hall–Kier alpha value is -1.35. The van der Waals surface area contributed by atoms with Gasteiger partial charge < -0.3 is 5.73 Å². The van der Waals surface area contributed by atoms with Crippen molar-refractivity contribution in [2.45, 2.75) is 27.2 Å². The van der Waals surface area contributed by atoms with Gasteiger partial charge in [0.25, 0.3) is 0 Å². The number of nitrogens with zero attached hydrogens (tertiary/aromatic N) is 1. The summed E-state index contributed by atoms with van der Waals surface area (Å²) in [6.45, 7) is 6.34. The van der Waals surface area contributed by atoms with E-state index in [1.165, 1.54) is 21.6 Å². The maximum absolute atomic E-state index is 5.71. The molecule has 1 aromatic carbocycles. The lowest BCUT2D eigenvalue weighted by atomic mass is 10.0. The van der Waals surface area contributed by atoms with E-state index in [-0.39, 0.29) is 0 Å². The van der Waals surface area contributed by atoms with E-state index in [1.54, 1.807) is 11.3 Å². The summed E-state index contributed by atoms with van der Waals surface area (Å²) in [6.07, 6.45) is 0.939. The van der Waals surface area contributed by atoms with Crippen molar-refractivity contribution in [2.24, 2.45) is 0 Å². The average molecular weight is 232 g/mol. The summed E-state index contributed by atoms with van der Waals surface area (Å²) in [5, 5.41) is 0.665. The molecule has 1 heterocycles. The predicted molar refractivity (Wildman–Crippen MR) is 70.0 cm³/mol. The number of rotatable bonds is 2. The molecule has 0 radical (unpaired) electrons. The molecular weight excluding hydrogens is 216 g/mol. The summed E-state index contributed by atoms with van der Waals surface area (Å²) >= 11 is 1.59. The zero-order valence-electron chi connectivity index (χ0n) is 9.87. The molecule has 0 amide bonds. The van der Waals surface area contributed by atoms with Crippen LogP contribution in [0, 0.1) is 20.8 Å². The fourth-order valence-electron chi connectivity index (χ4n) is 1.79. The van der Waals surface area contributed by atoms with E-state index in [1.807, 2.05) is 6.92 Å². The number of hydrogen-bond acceptors (Lipinski definition) is 3. The lowest BCUT2D eigenvalue weighted by Crippen LogP contribution is -1.93. The molecule has 3 heteroatoms. The maximum Gasteiger partial charge on any atom is 0.180 e. The number of aromatic nitrogens is 1. The predicted octanol–water partition coefficient (Wildman–Crippen LogP) is 3.24. The molecule has 2 N–H and O–H groups in total. The fourth-order valence-corrected chi connectivity index (χ4v) is 2.65. The van der Waals surface area contributed by atoms with Crippen LogP contribution in [0.25, 0.3) is 0 Å². The van der Waals surface area contributed by atoms with Gasteiger partial charge in [-0.25, -0.2) is 4.98 Å². The van der Waals surface area contributed by atoms with Crippen molar-refractivity contribution in [3.8, 4) is 0 Å². The van der Waals surface area contributed by atoms with E-state index in [4.69, 9.17) is 5.73 Å². The Morgan fingerprint density at radius 1 is 1.25 bits per heavy atom. The van der Waals surface area contributed by atoms with Crippen LogP contribution >= 0.6 is 11.3 Å². The quantitative estimate of drug-likeness (QED) is 0.863. The third kappa shape index (κ3) is 2.09. The number of aryl methyl sites for hydroxylation is 2. The second-order valence-corrected chi connectivity index (χ2v) is 5.21. The number of hydrogen-bond donors (Lipinski definition) is 1. The third-order valence-corrected chi connectivity index (χ3v) is 3.96. The molecule has 84 valence electrons. The molecule has 0 aliphatic rings. The van der Waals surface area contributed by atoms with E-state index in [0.29, 0.717) is 5.13 Å². The zero-order chi connectivity index (χ0) is 11.7. The smallest absolute Gasteiger partial charge is 0.180 e. The van der Waals surface area contributed by atoms with Crippen LogP contribution in [0.2, 0.25) is 0 Å². The highest BCUT2D eigenvalue weighted by Crippen LogP contribution is 2.24. The molecule has 0 bridgehead atoms. The van der Waals surface area contributed by atoms with E-state index < -0.39 is 0 Å². The molecule has 2 nitrogen and oxygen atoms in total. The molecule has 0 fully saturated rings. The molecule has 1 aromatic heterocycles. The van der Waals surface area contributed by atoms with Gasteiger partial charge in [0.2, 0.25) is 0 Å². The van der Waals surface area contributed by atoms with Crippen molar-refractivity contribution in [3.63, 3.8) is 0 Å². The van der Waals surface area contributed by atoms with Crippen molar-refractivity contribution in [1.29, 1.82) is 0 Å². The zero-order valence-corrected chi connectivity index (χ0v) is 10.7. The van der Waals surface area contributed by atoms with Crippen LogP contribution in [0.4, 0.5) is 5.13 Å². The Kier molecular flexibility index (Phi) is 2.97. The number of benzene rings is 1. The largest absolute Gasteiger partial charge is 0.375 e. The Balaban J connectivity index is 2.34. The first-order valence-corrected chi connectivity index (χ1v) is 6.16. The topological polar surface area (TPSA) is 38.9 Å². The SMILES string of the molecule is Cc1cccc(Cc2sc(N)nc2C)c1C. The Bertz CT molecular complexity index is 515. The minimum absolute atomic E-state index is 0.665. The lowest BCUT2D eigenvalue weighted by Gasteiger charge is -2.07. The molecule has 0 saturated heterocycles. The highest BCUT2D eigenvalue weighted by atomic mass is 32.1. The first-order chi connectivity index (χ1) is 7.58. The Morgan fingerprint density at radius 3 is 2.62 bits per heavy atom. The molecule has 0 aliphatic carbocycles. The highest BCUT2D eigenvalue weighted by Gasteiger charge is 2.08. The van der Waals surface area contributed by atoms with Gasteiger partial charge in [-0.2, -0.15) is 0 Å². The molecular formula is C13H16N2S. The fraction of sp³-hybridized carbons (Fsp3) is 0.308. The molecule has 0 aliphatic heterocycles. The molecule has 2 aromatic rings. The van der Waals surface area contributed by atoms with E-state index in [2.05, 4.69) is 37.0 Å². The second-order valence-electron chi connectivity index (χ2n) is 4.10. The molecule has 0 unspecified atom stereocenters. The normalized spacial score (nSPS) is 10.7. The number of nitrogen functional groups attached to an aromatic ring is 1. The van der Waals surface area contributed by atoms with Gasteiger partial charge in [0.1, 0.15) is 0 Å². The van der Waals surface area contributed by atoms with Crippen LogP contribution in [0.1, 0.15) is 27.3 Å². The van der Waals surface area contributed by atoms with Crippen LogP contribution in [-0.2, 0) is 6.42 Å². The van der Waals surface area contributed by atoms with Crippen molar-refractivity contribution in [2.75, 3.05) is 5.73 Å². The number of thiazole rings is 1. The summed E-state index contributed by atoms with van der Waals surface area (Å²) < 4.78 is 0. The monoisotopic (exact) mass is 232 g/mol. The first kappa shape index (κ1) is 11.1. The second kappa shape index (κ2) is 4.26. The summed E-state index contributed by atoms with van der Waals surface area (Å²) in [5.74, 6) is 0. The molecule has 2 rings (SSSR count). The minimum Gasteiger partial charge on any atom is -0.375 e. The minimum atomic E-state index is 0.665. The van der Waals surface area contributed by atoms with Crippen molar-refractivity contribution < 1.29 is 0 Å². The summed E-state index contributed by atoms with van der Waals surface area (Å²) in [6, 6.07) is 6.43. The van der Waals surface area contributed by atoms with Gasteiger partial charge in [0.05, 0.1) is 5.69 Å². The van der Waals surface area contributed by atoms with E-state index in [9.17, 15) is 0 Å². The van der Waals surface area contributed by atoms with Gasteiger partial charge in [0.15, 0.2) is 5.13 Å². The number of nitrogens with two attached hydrogens (primary N) is 1. The molecule has 16 heavy (non-hydrogen) atoms. The first-order valence-electron chi connectivity index (χ1n) is 5.35. The third-order valence-electron chi connectivity index (χ3n) is 2.98. The summed E-state index contributed by atoms with van der Waals surface area (Å²) in [7, 11) is 0. The lowest BCUT2D eigenvalue weighted by molar-refractivity contribution is 1.12. The van der Waals surface area contributed by atoms with Crippen LogP contribution in [-0.4, -0.2) is 4.98 Å². The standard InChI is InChI=1S/C13H16N2S/c1-8-5-4-6-11(9(8)2)7-12-10(3)15-13(14)16-12/h4-6H,7H2,1-3H3,(H2,14,15). The molecule has 0 atom stereocenters. The van der Waals surface area contributed by atoms with Gasteiger partial charge in [-0.1, -0.05) is 18.2 Å². The highest BCUT2D eigenvalue weighted by molar-refractivity contribution is 7.15. The van der Waals surface area contributed by atoms with Crippen molar-refractivity contribution in [1.82, 2.24) is 4.98 Å². The van der Waals surface area contributed by atoms with E-state index in [0.717, 1.165) is 12.1 Å². The van der Waals surface area contributed by atoms with Crippen molar-refractivity contribution >= 4 is 16.5 Å². The van der Waals surface area contributed by atoms with Gasteiger partial charge >= 0.3 is 0 Å². The molecule has 0 spiro atoms. The van der Waals surface area contributed by atoms with Gasteiger partial charge in [-0.05, 0) is 37.5 Å². The van der Waals surface area contributed by atoms with Gasteiger partial charge in [-0.3, -0.25) is 0 Å². The Morgan fingerprint density at radius 2 is 2.00 bits per heavy atom. The Labute approximate surface area is 100 Å².